The topological polar surface area (TPSA) is 29.3 Å². The van der Waals surface area contributed by atoms with Crippen LogP contribution in [0, 0.1) is 5.92 Å². The van der Waals surface area contributed by atoms with Crippen molar-refractivity contribution in [3.05, 3.63) is 0 Å². The van der Waals surface area contributed by atoms with Crippen molar-refractivity contribution >= 4 is 17.2 Å². The lowest BCUT2D eigenvalue weighted by Crippen LogP contribution is -2.34. The summed E-state index contributed by atoms with van der Waals surface area (Å²) in [6.07, 6.45) is 4.86. The molecule has 0 unspecified atom stereocenters. The van der Waals surface area contributed by atoms with Crippen LogP contribution in [0.1, 0.15) is 39.5 Å². The van der Waals surface area contributed by atoms with Gasteiger partial charge in [0.25, 0.3) is 0 Å². The van der Waals surface area contributed by atoms with Crippen molar-refractivity contribution in [2.24, 2.45) is 11.7 Å². The largest absolute Gasteiger partial charge is 0.393 e. The molecule has 2 nitrogen and oxygen atoms in total. The monoisotopic (exact) mass is 214 g/mol. The predicted molar refractivity (Wildman–Crippen MR) is 65.5 cm³/mol. The lowest BCUT2D eigenvalue weighted by atomic mass is 10.2. The second-order valence-corrected chi connectivity index (χ2v) is 5.13. The highest BCUT2D eigenvalue weighted by Gasteiger charge is 2.24. The number of thiocarbonyl (C=S) groups is 1. The van der Waals surface area contributed by atoms with Crippen LogP contribution in [-0.2, 0) is 0 Å². The maximum atomic E-state index is 5.48. The van der Waals surface area contributed by atoms with Crippen LogP contribution in [0.25, 0.3) is 0 Å². The molecular formula is C11H22N2S. The van der Waals surface area contributed by atoms with Crippen LogP contribution in [0.4, 0.5) is 0 Å². The molecule has 0 aromatic heterocycles. The molecule has 1 saturated carbocycles. The van der Waals surface area contributed by atoms with Gasteiger partial charge in [-0.2, -0.15) is 0 Å². The lowest BCUT2D eigenvalue weighted by molar-refractivity contribution is 0.211. The summed E-state index contributed by atoms with van der Waals surface area (Å²) in [6, 6.07) is 0.655. The molecule has 0 saturated heterocycles. The third-order valence-electron chi connectivity index (χ3n) is 2.79. The highest BCUT2D eigenvalue weighted by Crippen LogP contribution is 2.30. The molecule has 3 heteroatoms. The summed E-state index contributed by atoms with van der Waals surface area (Å²) in [4.78, 5) is 3.20. The summed E-state index contributed by atoms with van der Waals surface area (Å²) in [5.41, 5.74) is 5.48. The molecule has 0 amide bonds. The molecule has 14 heavy (non-hydrogen) atoms. The Morgan fingerprint density at radius 2 is 2.14 bits per heavy atom. The quantitative estimate of drug-likeness (QED) is 0.659. The van der Waals surface area contributed by atoms with E-state index < -0.39 is 0 Å². The first kappa shape index (κ1) is 11.9. The second kappa shape index (κ2) is 5.66. The Hall–Kier alpha value is -0.150. The summed E-state index contributed by atoms with van der Waals surface area (Å²) in [6.45, 7) is 6.95. The van der Waals surface area contributed by atoms with Gasteiger partial charge in [-0.25, -0.2) is 0 Å². The summed E-state index contributed by atoms with van der Waals surface area (Å²) in [5, 5.41) is 0. The second-order valence-electron chi connectivity index (χ2n) is 4.60. The molecule has 0 bridgehead atoms. The van der Waals surface area contributed by atoms with E-state index in [0.29, 0.717) is 11.0 Å². The Morgan fingerprint density at radius 1 is 1.50 bits per heavy atom. The van der Waals surface area contributed by atoms with Gasteiger partial charge in [-0.3, -0.25) is 0 Å². The minimum Gasteiger partial charge on any atom is -0.393 e. The zero-order valence-corrected chi connectivity index (χ0v) is 10.1. The van der Waals surface area contributed by atoms with Crippen molar-refractivity contribution in [2.45, 2.75) is 45.6 Å². The molecular weight excluding hydrogens is 192 g/mol. The van der Waals surface area contributed by atoms with Crippen LogP contribution in [0.3, 0.4) is 0 Å². The molecule has 1 aliphatic rings. The summed E-state index contributed by atoms with van der Waals surface area (Å²) in [7, 11) is 0. The predicted octanol–water partition coefficient (Wildman–Crippen LogP) is 2.17. The molecule has 0 aromatic rings. The van der Waals surface area contributed by atoms with E-state index in [1.54, 1.807) is 0 Å². The third-order valence-corrected chi connectivity index (χ3v) is 2.99. The van der Waals surface area contributed by atoms with E-state index in [0.717, 1.165) is 25.3 Å². The molecule has 1 aliphatic carbocycles. The highest BCUT2D eigenvalue weighted by molar-refractivity contribution is 7.80. The molecule has 0 aromatic carbocycles. The first-order valence-corrected chi connectivity index (χ1v) is 6.02. The fraction of sp³-hybridized carbons (Fsp3) is 0.909. The number of hydrogen-bond donors (Lipinski definition) is 1. The van der Waals surface area contributed by atoms with Crippen LogP contribution in [-0.4, -0.2) is 29.0 Å². The Labute approximate surface area is 92.8 Å². The normalized spacial score (nSPS) is 16.6. The average Bonchev–Trinajstić information content (AvgIpc) is 2.85. The van der Waals surface area contributed by atoms with E-state index in [4.69, 9.17) is 18.0 Å². The standard InChI is InChI=1S/C11H22N2S/c1-9(2)13(8-10-5-6-10)7-3-4-11(12)14/h9-10H,3-8H2,1-2H3,(H2,12,14). The lowest BCUT2D eigenvalue weighted by Gasteiger charge is -2.26. The van der Waals surface area contributed by atoms with E-state index >= 15 is 0 Å². The maximum Gasteiger partial charge on any atom is 0.0727 e. The number of rotatable bonds is 7. The van der Waals surface area contributed by atoms with Gasteiger partial charge in [0, 0.05) is 12.6 Å². The minimum atomic E-state index is 0.653. The van der Waals surface area contributed by atoms with Crippen molar-refractivity contribution in [1.29, 1.82) is 0 Å². The zero-order chi connectivity index (χ0) is 10.6. The molecule has 0 aliphatic heterocycles. The molecule has 0 radical (unpaired) electrons. The summed E-state index contributed by atoms with van der Waals surface area (Å²) in [5.74, 6) is 0.974. The highest BCUT2D eigenvalue weighted by atomic mass is 32.1. The summed E-state index contributed by atoms with van der Waals surface area (Å²) >= 11 is 4.87. The van der Waals surface area contributed by atoms with Gasteiger partial charge >= 0.3 is 0 Å². The smallest absolute Gasteiger partial charge is 0.0727 e. The van der Waals surface area contributed by atoms with E-state index in [1.165, 1.54) is 19.4 Å². The van der Waals surface area contributed by atoms with Crippen LogP contribution < -0.4 is 5.73 Å². The van der Waals surface area contributed by atoms with Gasteiger partial charge in [-0.15, -0.1) is 0 Å². The Bertz CT molecular complexity index is 188. The SMILES string of the molecule is CC(C)N(CCCC(N)=S)CC1CC1. The van der Waals surface area contributed by atoms with Crippen LogP contribution in [0.5, 0.6) is 0 Å². The van der Waals surface area contributed by atoms with E-state index in [2.05, 4.69) is 18.7 Å². The van der Waals surface area contributed by atoms with Crippen molar-refractivity contribution in [3.8, 4) is 0 Å². The molecule has 0 spiro atoms. The van der Waals surface area contributed by atoms with Crippen molar-refractivity contribution in [3.63, 3.8) is 0 Å². The summed E-state index contributed by atoms with van der Waals surface area (Å²) < 4.78 is 0. The average molecular weight is 214 g/mol. The van der Waals surface area contributed by atoms with Crippen molar-refractivity contribution in [2.75, 3.05) is 13.1 Å². The fourth-order valence-electron chi connectivity index (χ4n) is 1.65. The van der Waals surface area contributed by atoms with E-state index in [1.807, 2.05) is 0 Å². The minimum absolute atomic E-state index is 0.653. The van der Waals surface area contributed by atoms with Gasteiger partial charge in [0.05, 0.1) is 4.99 Å². The van der Waals surface area contributed by atoms with Crippen LogP contribution in [0.15, 0.2) is 0 Å². The molecule has 1 fully saturated rings. The van der Waals surface area contributed by atoms with Gasteiger partial charge in [0.2, 0.25) is 0 Å². The Morgan fingerprint density at radius 3 is 2.57 bits per heavy atom. The number of nitrogens with zero attached hydrogens (tertiary/aromatic N) is 1. The fourth-order valence-corrected chi connectivity index (χ4v) is 1.79. The Kier molecular flexibility index (Phi) is 4.82. The van der Waals surface area contributed by atoms with Gasteiger partial charge in [0.15, 0.2) is 0 Å². The molecule has 2 N–H and O–H groups in total. The first-order valence-electron chi connectivity index (χ1n) is 5.62. The molecule has 0 atom stereocenters. The van der Waals surface area contributed by atoms with Crippen LogP contribution >= 0.6 is 12.2 Å². The van der Waals surface area contributed by atoms with Gasteiger partial charge in [-0.05, 0) is 52.0 Å². The van der Waals surface area contributed by atoms with Gasteiger partial charge in [0.1, 0.15) is 0 Å². The maximum absolute atomic E-state index is 5.48. The first-order chi connectivity index (χ1) is 6.59. The number of nitrogens with two attached hydrogens (primary N) is 1. The molecule has 0 heterocycles. The molecule has 1 rings (SSSR count). The van der Waals surface area contributed by atoms with Gasteiger partial charge in [-0.1, -0.05) is 12.2 Å². The van der Waals surface area contributed by atoms with Crippen molar-refractivity contribution in [1.82, 2.24) is 4.90 Å². The van der Waals surface area contributed by atoms with Crippen molar-refractivity contribution < 1.29 is 0 Å². The number of hydrogen-bond acceptors (Lipinski definition) is 2. The zero-order valence-electron chi connectivity index (χ0n) is 9.33. The Balaban J connectivity index is 2.16. The van der Waals surface area contributed by atoms with E-state index in [9.17, 15) is 0 Å². The van der Waals surface area contributed by atoms with Crippen LogP contribution in [0.2, 0.25) is 0 Å². The molecule has 82 valence electrons. The van der Waals surface area contributed by atoms with E-state index in [-0.39, 0.29) is 0 Å². The third kappa shape index (κ3) is 4.91. The van der Waals surface area contributed by atoms with Gasteiger partial charge < -0.3 is 10.6 Å².